The number of hydrogen-bond acceptors (Lipinski definition) is 3. The van der Waals surface area contributed by atoms with Crippen molar-refractivity contribution in [2.75, 3.05) is 6.61 Å². The quantitative estimate of drug-likeness (QED) is 0.810. The van der Waals surface area contributed by atoms with Crippen molar-refractivity contribution in [1.29, 1.82) is 0 Å². The van der Waals surface area contributed by atoms with E-state index in [4.69, 9.17) is 5.11 Å². The maximum absolute atomic E-state index is 12.8. The number of aromatic nitrogens is 2. The fraction of sp³-hybridized carbons (Fsp3) is 0.400. The van der Waals surface area contributed by atoms with E-state index in [2.05, 4.69) is 17.3 Å². The summed E-state index contributed by atoms with van der Waals surface area (Å²) in [5.41, 5.74) is 2.20. The number of aliphatic hydroxyl groups excluding tert-OH is 1. The molecule has 2 aromatic rings. The van der Waals surface area contributed by atoms with E-state index in [1.165, 1.54) is 12.1 Å². The van der Waals surface area contributed by atoms with Gasteiger partial charge in [0.05, 0.1) is 19.3 Å². The number of benzene rings is 1. The second-order valence-corrected chi connectivity index (χ2v) is 4.95. The molecule has 20 heavy (non-hydrogen) atoms. The van der Waals surface area contributed by atoms with Crippen molar-refractivity contribution in [2.24, 2.45) is 0 Å². The molecule has 1 atom stereocenters. The Labute approximate surface area is 118 Å². The van der Waals surface area contributed by atoms with Crippen molar-refractivity contribution in [1.82, 2.24) is 15.1 Å². The van der Waals surface area contributed by atoms with Gasteiger partial charge in [0.2, 0.25) is 0 Å². The molecule has 5 heteroatoms. The topological polar surface area (TPSA) is 50.1 Å². The fourth-order valence-corrected chi connectivity index (χ4v) is 2.06. The molecule has 2 rings (SSSR count). The van der Waals surface area contributed by atoms with Gasteiger partial charge in [0.25, 0.3) is 0 Å². The molecule has 0 fully saturated rings. The maximum atomic E-state index is 12.8. The molecule has 4 nitrogen and oxygen atoms in total. The van der Waals surface area contributed by atoms with E-state index >= 15 is 0 Å². The zero-order valence-corrected chi connectivity index (χ0v) is 11.6. The van der Waals surface area contributed by atoms with Crippen LogP contribution in [0.4, 0.5) is 4.39 Å². The molecule has 0 bridgehead atoms. The zero-order valence-electron chi connectivity index (χ0n) is 11.6. The number of nitrogens with one attached hydrogen (secondary N) is 1. The lowest BCUT2D eigenvalue weighted by Crippen LogP contribution is -2.27. The van der Waals surface area contributed by atoms with E-state index < -0.39 is 0 Å². The van der Waals surface area contributed by atoms with Crippen LogP contribution in [-0.2, 0) is 19.5 Å². The highest BCUT2D eigenvalue weighted by Gasteiger charge is 2.05. The van der Waals surface area contributed by atoms with E-state index in [1.807, 2.05) is 18.3 Å². The maximum Gasteiger partial charge on any atom is 0.123 e. The molecule has 1 heterocycles. The van der Waals surface area contributed by atoms with E-state index in [9.17, 15) is 4.39 Å². The first-order valence-corrected chi connectivity index (χ1v) is 6.77. The number of halogens is 1. The summed E-state index contributed by atoms with van der Waals surface area (Å²) in [6, 6.07) is 6.89. The van der Waals surface area contributed by atoms with Crippen LogP contribution in [0.5, 0.6) is 0 Å². The van der Waals surface area contributed by atoms with Crippen LogP contribution in [-0.4, -0.2) is 27.5 Å². The third kappa shape index (κ3) is 4.43. The second-order valence-electron chi connectivity index (χ2n) is 4.95. The molecule has 108 valence electrons. The molecule has 0 radical (unpaired) electrons. The molecular formula is C15H20FN3O. The predicted molar refractivity (Wildman–Crippen MR) is 75.7 cm³/mol. The lowest BCUT2D eigenvalue weighted by atomic mass is 10.1. The summed E-state index contributed by atoms with van der Waals surface area (Å²) in [7, 11) is 0. The van der Waals surface area contributed by atoms with E-state index in [0.29, 0.717) is 12.6 Å². The lowest BCUT2D eigenvalue weighted by Gasteiger charge is -2.13. The number of rotatable bonds is 7. The van der Waals surface area contributed by atoms with Crippen LogP contribution in [0.1, 0.15) is 18.1 Å². The van der Waals surface area contributed by atoms with Gasteiger partial charge >= 0.3 is 0 Å². The first-order chi connectivity index (χ1) is 9.67. The molecule has 1 aromatic carbocycles. The molecule has 0 amide bonds. The summed E-state index contributed by atoms with van der Waals surface area (Å²) < 4.78 is 14.5. The highest BCUT2D eigenvalue weighted by molar-refractivity contribution is 5.17. The molecule has 0 saturated heterocycles. The van der Waals surface area contributed by atoms with E-state index in [1.54, 1.807) is 10.9 Å². The van der Waals surface area contributed by atoms with Crippen LogP contribution in [0, 0.1) is 5.82 Å². The summed E-state index contributed by atoms with van der Waals surface area (Å²) in [6.45, 7) is 3.44. The number of hydrogen-bond donors (Lipinski definition) is 2. The first-order valence-electron chi connectivity index (χ1n) is 6.77. The summed E-state index contributed by atoms with van der Waals surface area (Å²) >= 11 is 0. The molecule has 2 N–H and O–H groups in total. The van der Waals surface area contributed by atoms with Crippen molar-refractivity contribution in [3.05, 3.63) is 53.6 Å². The van der Waals surface area contributed by atoms with Gasteiger partial charge in [0.15, 0.2) is 0 Å². The largest absolute Gasteiger partial charge is 0.394 e. The SMILES string of the molecule is CC(Cc1ccc(F)cc1)NCc1cnn(CCO)c1. The Morgan fingerprint density at radius 1 is 1.30 bits per heavy atom. The average Bonchev–Trinajstić information content (AvgIpc) is 2.87. The first kappa shape index (κ1) is 14.7. The summed E-state index contributed by atoms with van der Waals surface area (Å²) in [4.78, 5) is 0. The predicted octanol–water partition coefficient (Wildman–Crippen LogP) is 1.74. The van der Waals surface area contributed by atoms with Gasteiger partial charge in [0.1, 0.15) is 5.82 Å². The molecular weight excluding hydrogens is 257 g/mol. The number of aliphatic hydroxyl groups is 1. The minimum atomic E-state index is -0.203. The van der Waals surface area contributed by atoms with Crippen molar-refractivity contribution in [3.8, 4) is 0 Å². The Morgan fingerprint density at radius 3 is 2.75 bits per heavy atom. The Kier molecular flexibility index (Phi) is 5.26. The van der Waals surface area contributed by atoms with Crippen LogP contribution in [0.15, 0.2) is 36.7 Å². The molecule has 0 aliphatic carbocycles. The van der Waals surface area contributed by atoms with Gasteiger partial charge in [-0.3, -0.25) is 4.68 Å². The minimum Gasteiger partial charge on any atom is -0.394 e. The highest BCUT2D eigenvalue weighted by Crippen LogP contribution is 2.06. The Morgan fingerprint density at radius 2 is 2.05 bits per heavy atom. The van der Waals surface area contributed by atoms with Gasteiger partial charge in [-0.2, -0.15) is 5.10 Å². The fourth-order valence-electron chi connectivity index (χ4n) is 2.06. The summed E-state index contributed by atoms with van der Waals surface area (Å²) in [6.07, 6.45) is 4.58. The number of nitrogens with zero attached hydrogens (tertiary/aromatic N) is 2. The van der Waals surface area contributed by atoms with Gasteiger partial charge in [0, 0.05) is 24.3 Å². The summed E-state index contributed by atoms with van der Waals surface area (Å²) in [5.74, 6) is -0.203. The van der Waals surface area contributed by atoms with Crippen LogP contribution in [0.25, 0.3) is 0 Å². The van der Waals surface area contributed by atoms with Crippen LogP contribution >= 0.6 is 0 Å². The highest BCUT2D eigenvalue weighted by atomic mass is 19.1. The van der Waals surface area contributed by atoms with Crippen molar-refractivity contribution < 1.29 is 9.50 Å². The van der Waals surface area contributed by atoms with E-state index in [-0.39, 0.29) is 12.4 Å². The third-order valence-corrected chi connectivity index (χ3v) is 3.13. The van der Waals surface area contributed by atoms with Gasteiger partial charge in [-0.25, -0.2) is 4.39 Å². The molecule has 0 saturated carbocycles. The zero-order chi connectivity index (χ0) is 14.4. The van der Waals surface area contributed by atoms with Gasteiger partial charge < -0.3 is 10.4 Å². The Balaban J connectivity index is 1.79. The van der Waals surface area contributed by atoms with E-state index in [0.717, 1.165) is 24.1 Å². The molecule has 1 unspecified atom stereocenters. The van der Waals surface area contributed by atoms with Crippen LogP contribution in [0.2, 0.25) is 0 Å². The minimum absolute atomic E-state index is 0.0928. The molecule has 0 aliphatic rings. The third-order valence-electron chi connectivity index (χ3n) is 3.13. The normalized spacial score (nSPS) is 12.6. The average molecular weight is 277 g/mol. The monoisotopic (exact) mass is 277 g/mol. The summed E-state index contributed by atoms with van der Waals surface area (Å²) in [5, 5.41) is 16.4. The molecule has 0 aliphatic heterocycles. The van der Waals surface area contributed by atoms with Gasteiger partial charge in [-0.15, -0.1) is 0 Å². The smallest absolute Gasteiger partial charge is 0.123 e. The molecule has 0 spiro atoms. The Bertz CT molecular complexity index is 524. The standard InChI is InChI=1S/C15H20FN3O/c1-12(8-13-2-4-15(16)5-3-13)17-9-14-10-18-19(11-14)6-7-20/h2-5,10-12,17,20H,6-9H2,1H3. The van der Waals surface area contributed by atoms with Crippen molar-refractivity contribution in [2.45, 2.75) is 32.5 Å². The lowest BCUT2D eigenvalue weighted by molar-refractivity contribution is 0.269. The Hall–Kier alpha value is -1.72. The van der Waals surface area contributed by atoms with Crippen LogP contribution in [0.3, 0.4) is 0 Å². The van der Waals surface area contributed by atoms with Crippen molar-refractivity contribution in [3.63, 3.8) is 0 Å². The van der Waals surface area contributed by atoms with Gasteiger partial charge in [-0.1, -0.05) is 12.1 Å². The van der Waals surface area contributed by atoms with Crippen LogP contribution < -0.4 is 5.32 Å². The van der Waals surface area contributed by atoms with Crippen molar-refractivity contribution >= 4 is 0 Å². The van der Waals surface area contributed by atoms with Gasteiger partial charge in [-0.05, 0) is 31.0 Å². The second kappa shape index (κ2) is 7.17. The molecule has 1 aromatic heterocycles.